The number of fused-ring (bicyclic) bond motifs is 3. The maximum absolute atomic E-state index is 9.82. The second-order valence-electron chi connectivity index (χ2n) is 8.09. The van der Waals surface area contributed by atoms with Crippen LogP contribution in [0.25, 0.3) is 11.8 Å². The highest BCUT2D eigenvalue weighted by atomic mass is 35.5. The quantitative estimate of drug-likeness (QED) is 0.489. The fourth-order valence-electron chi connectivity index (χ4n) is 4.32. The van der Waals surface area contributed by atoms with E-state index in [0.717, 1.165) is 28.1 Å². The number of hydrogen-bond acceptors (Lipinski definition) is 4. The summed E-state index contributed by atoms with van der Waals surface area (Å²) in [5, 5.41) is 10.4. The van der Waals surface area contributed by atoms with Crippen molar-refractivity contribution in [3.63, 3.8) is 0 Å². The summed E-state index contributed by atoms with van der Waals surface area (Å²) in [6.45, 7) is 4.15. The molecule has 2 heterocycles. The summed E-state index contributed by atoms with van der Waals surface area (Å²) in [5.74, 6) is 1.25. The van der Waals surface area contributed by atoms with Crippen molar-refractivity contribution in [3.05, 3.63) is 81.6 Å². The maximum Gasteiger partial charge on any atom is 0.166 e. The molecule has 4 rings (SSSR count). The standard InChI is InChI=1S/C26H28ClNO4/c1-16(2)12-17-13-22-23(10-11-29)32-25(19-6-5-7-24(30-3)26(19)31-4)20-14-18(27)8-9-21(20)28(22)15-17/h5-9,12-15,23,25,29H,10-11H2,1-4H3. The average Bonchev–Trinajstić information content (AvgIpc) is 3.13. The molecule has 0 amide bonds. The van der Waals surface area contributed by atoms with Gasteiger partial charge in [0.2, 0.25) is 0 Å². The lowest BCUT2D eigenvalue weighted by Crippen LogP contribution is -2.13. The molecule has 0 fully saturated rings. The molecule has 2 aromatic carbocycles. The SMILES string of the molecule is COc1cccc(C2OC(CCO)c3cc(C=C(C)C)cn3-c3ccc(Cl)cc32)c1OC. The van der Waals surface area contributed by atoms with E-state index < -0.39 is 6.10 Å². The first kappa shape index (κ1) is 22.5. The lowest BCUT2D eigenvalue weighted by atomic mass is 9.98. The second-order valence-corrected chi connectivity index (χ2v) is 8.53. The van der Waals surface area contributed by atoms with Crippen molar-refractivity contribution >= 4 is 17.7 Å². The molecule has 0 radical (unpaired) electrons. The number of benzene rings is 2. The Kier molecular flexibility index (Phi) is 6.60. The number of aromatic nitrogens is 1. The van der Waals surface area contributed by atoms with E-state index in [1.54, 1.807) is 14.2 Å². The number of allylic oxidation sites excluding steroid dienone is 1. The van der Waals surface area contributed by atoms with Crippen LogP contribution in [-0.4, -0.2) is 30.5 Å². The molecule has 5 nitrogen and oxygen atoms in total. The minimum absolute atomic E-state index is 0.00684. The van der Waals surface area contributed by atoms with Crippen LogP contribution in [0.3, 0.4) is 0 Å². The second kappa shape index (κ2) is 9.41. The Morgan fingerprint density at radius 2 is 1.94 bits per heavy atom. The smallest absolute Gasteiger partial charge is 0.166 e. The molecule has 0 saturated heterocycles. The van der Waals surface area contributed by atoms with E-state index in [9.17, 15) is 5.11 Å². The van der Waals surface area contributed by atoms with Crippen LogP contribution in [-0.2, 0) is 4.74 Å². The molecular formula is C26H28ClNO4. The van der Waals surface area contributed by atoms with E-state index in [1.165, 1.54) is 5.57 Å². The molecule has 32 heavy (non-hydrogen) atoms. The minimum Gasteiger partial charge on any atom is -0.493 e. The van der Waals surface area contributed by atoms with E-state index in [0.29, 0.717) is 22.9 Å². The molecule has 1 aliphatic heterocycles. The van der Waals surface area contributed by atoms with Crippen LogP contribution in [0.15, 0.2) is 54.2 Å². The van der Waals surface area contributed by atoms with Crippen LogP contribution in [0.2, 0.25) is 5.02 Å². The van der Waals surface area contributed by atoms with Gasteiger partial charge in [0.1, 0.15) is 12.2 Å². The summed E-state index contributed by atoms with van der Waals surface area (Å²) in [4.78, 5) is 0. The third-order valence-electron chi connectivity index (χ3n) is 5.60. The summed E-state index contributed by atoms with van der Waals surface area (Å²) >= 11 is 6.44. The van der Waals surface area contributed by atoms with Crippen molar-refractivity contribution in [2.24, 2.45) is 0 Å². The van der Waals surface area contributed by atoms with Gasteiger partial charge in [-0.15, -0.1) is 0 Å². The van der Waals surface area contributed by atoms with Crippen LogP contribution in [0.1, 0.15) is 54.9 Å². The molecule has 0 saturated carbocycles. The number of aliphatic hydroxyl groups is 1. The van der Waals surface area contributed by atoms with Gasteiger partial charge in [-0.25, -0.2) is 0 Å². The largest absolute Gasteiger partial charge is 0.493 e. The highest BCUT2D eigenvalue weighted by Crippen LogP contribution is 2.46. The lowest BCUT2D eigenvalue weighted by Gasteiger charge is -2.25. The Balaban J connectivity index is 1.97. The third-order valence-corrected chi connectivity index (χ3v) is 5.83. The summed E-state index contributed by atoms with van der Waals surface area (Å²) < 4.78 is 20.1. The Bertz CT molecular complexity index is 1150. The minimum atomic E-state index is -0.461. The van der Waals surface area contributed by atoms with E-state index in [2.05, 4.69) is 36.8 Å². The predicted octanol–water partition coefficient (Wildman–Crippen LogP) is 6.11. The van der Waals surface area contributed by atoms with Gasteiger partial charge >= 0.3 is 0 Å². The van der Waals surface area contributed by atoms with Crippen molar-refractivity contribution in [2.45, 2.75) is 32.5 Å². The van der Waals surface area contributed by atoms with Crippen LogP contribution < -0.4 is 9.47 Å². The van der Waals surface area contributed by atoms with Crippen LogP contribution in [0.5, 0.6) is 11.5 Å². The first-order chi connectivity index (χ1) is 15.5. The van der Waals surface area contributed by atoms with E-state index in [1.807, 2.05) is 36.4 Å². The Labute approximate surface area is 193 Å². The highest BCUT2D eigenvalue weighted by Gasteiger charge is 2.33. The van der Waals surface area contributed by atoms with Crippen molar-refractivity contribution < 1.29 is 19.3 Å². The summed E-state index contributed by atoms with van der Waals surface area (Å²) in [7, 11) is 3.24. The molecule has 0 aliphatic carbocycles. The van der Waals surface area contributed by atoms with Gasteiger partial charge in [-0.1, -0.05) is 35.4 Å². The molecule has 0 bridgehead atoms. The Morgan fingerprint density at radius 1 is 1.12 bits per heavy atom. The fourth-order valence-corrected chi connectivity index (χ4v) is 4.51. The first-order valence-corrected chi connectivity index (χ1v) is 11.0. The normalized spacial score (nSPS) is 17.2. The number of hydrogen-bond donors (Lipinski definition) is 1. The third kappa shape index (κ3) is 4.16. The molecule has 2 unspecified atom stereocenters. The lowest BCUT2D eigenvalue weighted by molar-refractivity contribution is -0.00722. The summed E-state index contributed by atoms with van der Waals surface area (Å²) in [5.41, 5.74) is 6.02. The number of methoxy groups -OCH3 is 2. The van der Waals surface area contributed by atoms with Gasteiger partial charge in [0.05, 0.1) is 25.6 Å². The summed E-state index contributed by atoms with van der Waals surface area (Å²) in [6.07, 6.45) is 3.91. The molecule has 1 aromatic heterocycles. The zero-order chi connectivity index (χ0) is 22.8. The van der Waals surface area contributed by atoms with Crippen molar-refractivity contribution in [3.8, 4) is 17.2 Å². The molecule has 0 spiro atoms. The van der Waals surface area contributed by atoms with Gasteiger partial charge in [-0.2, -0.15) is 0 Å². The van der Waals surface area contributed by atoms with Crippen LogP contribution in [0.4, 0.5) is 0 Å². The molecule has 2 atom stereocenters. The maximum atomic E-state index is 9.82. The summed E-state index contributed by atoms with van der Waals surface area (Å²) in [6, 6.07) is 13.7. The van der Waals surface area contributed by atoms with Crippen molar-refractivity contribution in [1.29, 1.82) is 0 Å². The van der Waals surface area contributed by atoms with Gasteiger partial charge in [0.15, 0.2) is 11.5 Å². The predicted molar refractivity (Wildman–Crippen MR) is 127 cm³/mol. The van der Waals surface area contributed by atoms with E-state index >= 15 is 0 Å². The van der Waals surface area contributed by atoms with Gasteiger partial charge in [-0.3, -0.25) is 0 Å². The van der Waals surface area contributed by atoms with Gasteiger partial charge < -0.3 is 23.9 Å². The van der Waals surface area contributed by atoms with E-state index in [4.69, 9.17) is 25.8 Å². The van der Waals surface area contributed by atoms with Crippen molar-refractivity contribution in [2.75, 3.05) is 20.8 Å². The van der Waals surface area contributed by atoms with Crippen LogP contribution >= 0.6 is 11.6 Å². The molecule has 3 aromatic rings. The molecule has 1 aliphatic rings. The number of para-hydroxylation sites is 1. The van der Waals surface area contributed by atoms with Crippen molar-refractivity contribution in [1.82, 2.24) is 4.57 Å². The molecule has 6 heteroatoms. The molecule has 168 valence electrons. The van der Waals surface area contributed by atoms with Crippen LogP contribution in [0, 0.1) is 0 Å². The number of aliphatic hydroxyl groups excluding tert-OH is 1. The van der Waals surface area contributed by atoms with Gasteiger partial charge in [0.25, 0.3) is 0 Å². The average molecular weight is 454 g/mol. The highest BCUT2D eigenvalue weighted by molar-refractivity contribution is 6.30. The first-order valence-electron chi connectivity index (χ1n) is 10.6. The Hall–Kier alpha value is -2.73. The van der Waals surface area contributed by atoms with E-state index in [-0.39, 0.29) is 12.7 Å². The monoisotopic (exact) mass is 453 g/mol. The fraction of sp³-hybridized carbons (Fsp3) is 0.308. The zero-order valence-electron chi connectivity index (χ0n) is 18.8. The number of ether oxygens (including phenoxy) is 3. The molecular weight excluding hydrogens is 426 g/mol. The molecule has 1 N–H and O–H groups in total. The van der Waals surface area contributed by atoms with Gasteiger partial charge in [-0.05, 0) is 49.7 Å². The Morgan fingerprint density at radius 3 is 2.62 bits per heavy atom. The number of rotatable bonds is 6. The zero-order valence-corrected chi connectivity index (χ0v) is 19.5. The van der Waals surface area contributed by atoms with Gasteiger partial charge in [0, 0.05) is 35.4 Å². The topological polar surface area (TPSA) is 52.8 Å². The number of nitrogens with zero attached hydrogens (tertiary/aromatic N) is 1. The number of halogens is 1.